The quantitative estimate of drug-likeness (QED) is 0.895. The first-order valence-corrected chi connectivity index (χ1v) is 6.60. The van der Waals surface area contributed by atoms with Crippen LogP contribution in [0.4, 0.5) is 0 Å². The summed E-state index contributed by atoms with van der Waals surface area (Å²) in [5, 5.41) is 14.3. The minimum atomic E-state index is -0.743. The Morgan fingerprint density at radius 3 is 2.94 bits per heavy atom. The lowest BCUT2D eigenvalue weighted by atomic mass is 10.1. The number of aromatic nitrogens is 3. The highest BCUT2D eigenvalue weighted by Gasteiger charge is 2.18. The standard InChI is InChI=1S/C12H15N3O2S/c1-3-10-12(18-15-14-10)11(16)8-5-9(17-4-2)7-13-6-8/h5-7,11,16H,3-4H2,1-2H3. The first-order chi connectivity index (χ1) is 8.76. The third kappa shape index (κ3) is 2.65. The van der Waals surface area contributed by atoms with Gasteiger partial charge < -0.3 is 9.84 Å². The Morgan fingerprint density at radius 1 is 1.39 bits per heavy atom. The molecule has 0 bridgehead atoms. The van der Waals surface area contributed by atoms with E-state index < -0.39 is 6.10 Å². The zero-order chi connectivity index (χ0) is 13.0. The van der Waals surface area contributed by atoms with Gasteiger partial charge in [-0.2, -0.15) is 0 Å². The number of nitrogens with zero attached hydrogens (tertiary/aromatic N) is 3. The molecule has 0 aromatic carbocycles. The molecule has 2 heterocycles. The van der Waals surface area contributed by atoms with Gasteiger partial charge in [-0.25, -0.2) is 0 Å². The van der Waals surface area contributed by atoms with Crippen molar-refractivity contribution < 1.29 is 9.84 Å². The van der Waals surface area contributed by atoms with Crippen LogP contribution in [0.5, 0.6) is 5.75 Å². The van der Waals surface area contributed by atoms with E-state index in [0.717, 1.165) is 17.0 Å². The Labute approximate surface area is 110 Å². The smallest absolute Gasteiger partial charge is 0.137 e. The second-order valence-corrected chi connectivity index (χ2v) is 4.51. The molecule has 0 aliphatic rings. The van der Waals surface area contributed by atoms with Crippen molar-refractivity contribution in [2.75, 3.05) is 6.61 Å². The Hall–Kier alpha value is -1.53. The number of hydrogen-bond donors (Lipinski definition) is 1. The lowest BCUT2D eigenvalue weighted by Gasteiger charge is -2.10. The molecule has 0 fully saturated rings. The average molecular weight is 265 g/mol. The van der Waals surface area contributed by atoms with Gasteiger partial charge in [0.25, 0.3) is 0 Å². The van der Waals surface area contributed by atoms with Crippen molar-refractivity contribution in [3.8, 4) is 5.75 Å². The first-order valence-electron chi connectivity index (χ1n) is 5.83. The maximum Gasteiger partial charge on any atom is 0.137 e. The van der Waals surface area contributed by atoms with E-state index in [1.165, 1.54) is 11.5 Å². The van der Waals surface area contributed by atoms with Crippen molar-refractivity contribution in [1.29, 1.82) is 0 Å². The van der Waals surface area contributed by atoms with E-state index >= 15 is 0 Å². The largest absolute Gasteiger partial charge is 0.492 e. The minimum Gasteiger partial charge on any atom is -0.492 e. The van der Waals surface area contributed by atoms with Crippen molar-refractivity contribution >= 4 is 11.5 Å². The normalized spacial score (nSPS) is 12.4. The predicted molar refractivity (Wildman–Crippen MR) is 68.8 cm³/mol. The van der Waals surface area contributed by atoms with Gasteiger partial charge in [0.15, 0.2) is 0 Å². The van der Waals surface area contributed by atoms with Gasteiger partial charge in [-0.3, -0.25) is 4.98 Å². The number of hydrogen-bond acceptors (Lipinski definition) is 6. The molecule has 0 saturated carbocycles. The molecule has 2 aromatic rings. The van der Waals surface area contributed by atoms with Crippen molar-refractivity contribution in [3.05, 3.63) is 34.6 Å². The highest BCUT2D eigenvalue weighted by atomic mass is 32.1. The second-order valence-electron chi connectivity index (χ2n) is 3.73. The molecule has 0 radical (unpaired) electrons. The Kier molecular flexibility index (Phi) is 4.22. The molecule has 1 N–H and O–H groups in total. The van der Waals surface area contributed by atoms with Crippen LogP contribution in [0.15, 0.2) is 18.5 Å². The predicted octanol–water partition coefficient (Wildman–Crippen LogP) is 1.98. The molecule has 2 aromatic heterocycles. The third-order valence-corrected chi connectivity index (χ3v) is 3.35. The SMILES string of the molecule is CCOc1cncc(C(O)c2snnc2CC)c1. The Morgan fingerprint density at radius 2 is 2.22 bits per heavy atom. The van der Waals surface area contributed by atoms with E-state index in [1.54, 1.807) is 18.5 Å². The van der Waals surface area contributed by atoms with Crippen LogP contribution in [-0.4, -0.2) is 26.3 Å². The summed E-state index contributed by atoms with van der Waals surface area (Å²) in [6.07, 6.45) is 3.27. The highest BCUT2D eigenvalue weighted by molar-refractivity contribution is 7.05. The summed E-state index contributed by atoms with van der Waals surface area (Å²) in [5.41, 5.74) is 1.52. The molecule has 0 aliphatic heterocycles. The van der Waals surface area contributed by atoms with Gasteiger partial charge in [-0.05, 0) is 30.9 Å². The molecule has 1 unspecified atom stereocenters. The van der Waals surface area contributed by atoms with Crippen molar-refractivity contribution in [2.24, 2.45) is 0 Å². The van der Waals surface area contributed by atoms with Crippen LogP contribution >= 0.6 is 11.5 Å². The second kappa shape index (κ2) is 5.88. The van der Waals surface area contributed by atoms with Crippen molar-refractivity contribution in [2.45, 2.75) is 26.4 Å². The van der Waals surface area contributed by atoms with Crippen LogP contribution in [0, 0.1) is 0 Å². The molecule has 0 aliphatic carbocycles. The average Bonchev–Trinajstić information content (AvgIpc) is 2.87. The summed E-state index contributed by atoms with van der Waals surface area (Å²) in [5.74, 6) is 0.657. The summed E-state index contributed by atoms with van der Waals surface area (Å²) in [6.45, 7) is 4.47. The number of aliphatic hydroxyl groups is 1. The van der Waals surface area contributed by atoms with Gasteiger partial charge in [-0.15, -0.1) is 5.10 Å². The molecule has 5 nitrogen and oxygen atoms in total. The summed E-state index contributed by atoms with van der Waals surface area (Å²) in [7, 11) is 0. The fraction of sp³-hybridized carbons (Fsp3) is 0.417. The van der Waals surface area contributed by atoms with Crippen molar-refractivity contribution in [1.82, 2.24) is 14.6 Å². The third-order valence-electron chi connectivity index (χ3n) is 2.53. The Bertz CT molecular complexity index is 516. The number of ether oxygens (including phenoxy) is 1. The zero-order valence-corrected chi connectivity index (χ0v) is 11.1. The number of aliphatic hydroxyl groups excluding tert-OH is 1. The van der Waals surface area contributed by atoms with Gasteiger partial charge in [0, 0.05) is 11.8 Å². The van der Waals surface area contributed by atoms with Crippen LogP contribution in [0.3, 0.4) is 0 Å². The zero-order valence-electron chi connectivity index (χ0n) is 10.3. The van der Waals surface area contributed by atoms with Crippen LogP contribution < -0.4 is 4.74 Å². The number of rotatable bonds is 5. The van der Waals surface area contributed by atoms with E-state index in [9.17, 15) is 5.11 Å². The summed E-state index contributed by atoms with van der Waals surface area (Å²) < 4.78 is 9.25. The molecule has 2 rings (SSSR count). The molecule has 0 amide bonds. The minimum absolute atomic E-state index is 0.573. The highest BCUT2D eigenvalue weighted by Crippen LogP contribution is 2.28. The molecule has 0 spiro atoms. The van der Waals surface area contributed by atoms with Gasteiger partial charge in [0.1, 0.15) is 11.9 Å². The summed E-state index contributed by atoms with van der Waals surface area (Å²) >= 11 is 1.22. The monoisotopic (exact) mass is 265 g/mol. The number of pyridine rings is 1. The van der Waals surface area contributed by atoms with E-state index in [-0.39, 0.29) is 0 Å². The summed E-state index contributed by atoms with van der Waals surface area (Å²) in [6, 6.07) is 1.79. The maximum absolute atomic E-state index is 10.3. The molecule has 1 atom stereocenters. The van der Waals surface area contributed by atoms with E-state index in [1.807, 2.05) is 13.8 Å². The fourth-order valence-electron chi connectivity index (χ4n) is 1.65. The van der Waals surface area contributed by atoms with E-state index in [4.69, 9.17) is 4.74 Å². The van der Waals surface area contributed by atoms with Gasteiger partial charge in [-0.1, -0.05) is 11.4 Å². The van der Waals surface area contributed by atoms with Crippen LogP contribution in [0.2, 0.25) is 0 Å². The van der Waals surface area contributed by atoms with Gasteiger partial charge >= 0.3 is 0 Å². The first kappa shape index (κ1) is 12.9. The molecule has 0 saturated heterocycles. The topological polar surface area (TPSA) is 68.1 Å². The molecule has 18 heavy (non-hydrogen) atoms. The Balaban J connectivity index is 2.28. The van der Waals surface area contributed by atoms with Crippen molar-refractivity contribution in [3.63, 3.8) is 0 Å². The van der Waals surface area contributed by atoms with Crippen LogP contribution in [0.1, 0.15) is 36.1 Å². The van der Waals surface area contributed by atoms with E-state index in [2.05, 4.69) is 14.6 Å². The molecular formula is C12H15N3O2S. The molecule has 96 valence electrons. The number of aryl methyl sites for hydroxylation is 1. The van der Waals surface area contributed by atoms with Gasteiger partial charge in [0.2, 0.25) is 0 Å². The lowest BCUT2D eigenvalue weighted by molar-refractivity contribution is 0.221. The lowest BCUT2D eigenvalue weighted by Crippen LogP contribution is -2.02. The van der Waals surface area contributed by atoms with E-state index in [0.29, 0.717) is 17.9 Å². The summed E-state index contributed by atoms with van der Waals surface area (Å²) in [4.78, 5) is 4.84. The molecule has 6 heteroatoms. The molecular weight excluding hydrogens is 250 g/mol. The van der Waals surface area contributed by atoms with Crippen LogP contribution in [-0.2, 0) is 6.42 Å². The van der Waals surface area contributed by atoms with Crippen LogP contribution in [0.25, 0.3) is 0 Å². The maximum atomic E-state index is 10.3. The fourth-order valence-corrected chi connectivity index (χ4v) is 2.40. The van der Waals surface area contributed by atoms with Gasteiger partial charge in [0.05, 0.1) is 23.4 Å².